The molecule has 0 atom stereocenters. The lowest BCUT2D eigenvalue weighted by atomic mass is 9.72. The second-order valence-corrected chi connectivity index (χ2v) is 4.34. The average Bonchev–Trinajstić information content (AvgIpc) is 1.79. The molecule has 1 fully saturated rings. The summed E-state index contributed by atoms with van der Waals surface area (Å²) >= 11 is 0. The fraction of sp³-hybridized carbons (Fsp3) is 0.900. The molecule has 0 aliphatic heterocycles. The Hall–Kier alpha value is -0.330. The minimum Gasteiger partial charge on any atom is -0.299 e. The van der Waals surface area contributed by atoms with Crippen molar-refractivity contribution in [1.29, 1.82) is 0 Å². The van der Waals surface area contributed by atoms with Gasteiger partial charge in [-0.15, -0.1) is 0 Å². The predicted molar refractivity (Wildman–Crippen MR) is 46.4 cm³/mol. The minimum atomic E-state index is 0.424. The van der Waals surface area contributed by atoms with Gasteiger partial charge in [-0.1, -0.05) is 20.8 Å². The SMILES string of the molecule is CC(C)CC(=O)C1CC(C)C1. The summed E-state index contributed by atoms with van der Waals surface area (Å²) < 4.78 is 0. The van der Waals surface area contributed by atoms with E-state index >= 15 is 0 Å². The van der Waals surface area contributed by atoms with Crippen molar-refractivity contribution in [3.63, 3.8) is 0 Å². The molecular formula is C10H18O. The van der Waals surface area contributed by atoms with E-state index in [9.17, 15) is 4.79 Å². The summed E-state index contributed by atoms with van der Waals surface area (Å²) in [6.45, 7) is 6.44. The molecule has 0 unspecified atom stereocenters. The van der Waals surface area contributed by atoms with Crippen molar-refractivity contribution in [3.05, 3.63) is 0 Å². The van der Waals surface area contributed by atoms with Gasteiger partial charge in [0.05, 0.1) is 0 Å². The van der Waals surface area contributed by atoms with Crippen molar-refractivity contribution in [1.82, 2.24) is 0 Å². The van der Waals surface area contributed by atoms with E-state index in [2.05, 4.69) is 20.8 Å². The van der Waals surface area contributed by atoms with Gasteiger partial charge >= 0.3 is 0 Å². The van der Waals surface area contributed by atoms with Gasteiger partial charge in [-0.3, -0.25) is 4.79 Å². The van der Waals surface area contributed by atoms with Gasteiger partial charge < -0.3 is 0 Å². The Balaban J connectivity index is 2.21. The van der Waals surface area contributed by atoms with Gasteiger partial charge in [-0.05, 0) is 24.7 Å². The fourth-order valence-electron chi connectivity index (χ4n) is 1.73. The number of hydrogen-bond acceptors (Lipinski definition) is 1. The number of ketones is 1. The molecule has 0 radical (unpaired) electrons. The van der Waals surface area contributed by atoms with Gasteiger partial charge in [0.25, 0.3) is 0 Å². The molecular weight excluding hydrogens is 136 g/mol. The summed E-state index contributed by atoms with van der Waals surface area (Å²) in [4.78, 5) is 11.4. The normalized spacial score (nSPS) is 30.2. The zero-order valence-corrected chi connectivity index (χ0v) is 7.76. The lowest BCUT2D eigenvalue weighted by Gasteiger charge is -2.31. The molecule has 1 rings (SSSR count). The van der Waals surface area contributed by atoms with Crippen LogP contribution >= 0.6 is 0 Å². The molecule has 0 spiro atoms. The Morgan fingerprint density at radius 1 is 1.45 bits per heavy atom. The maximum Gasteiger partial charge on any atom is 0.136 e. The van der Waals surface area contributed by atoms with Crippen LogP contribution in [0.5, 0.6) is 0 Å². The van der Waals surface area contributed by atoms with Crippen molar-refractivity contribution in [2.24, 2.45) is 17.8 Å². The number of carbonyl (C=O) groups is 1. The van der Waals surface area contributed by atoms with Crippen molar-refractivity contribution in [3.8, 4) is 0 Å². The summed E-state index contributed by atoms with van der Waals surface area (Å²) in [6.07, 6.45) is 3.08. The second kappa shape index (κ2) is 3.38. The molecule has 0 aromatic carbocycles. The highest BCUT2D eigenvalue weighted by molar-refractivity contribution is 5.81. The average molecular weight is 154 g/mol. The van der Waals surface area contributed by atoms with Gasteiger partial charge in [-0.25, -0.2) is 0 Å². The van der Waals surface area contributed by atoms with Crippen molar-refractivity contribution < 1.29 is 4.79 Å². The molecule has 0 N–H and O–H groups in total. The maximum absolute atomic E-state index is 11.4. The van der Waals surface area contributed by atoms with Crippen LogP contribution in [0.15, 0.2) is 0 Å². The number of carbonyl (C=O) groups excluding carboxylic acids is 1. The van der Waals surface area contributed by atoms with E-state index < -0.39 is 0 Å². The van der Waals surface area contributed by atoms with Gasteiger partial charge in [0.2, 0.25) is 0 Å². The van der Waals surface area contributed by atoms with Gasteiger partial charge in [0, 0.05) is 12.3 Å². The van der Waals surface area contributed by atoms with Crippen molar-refractivity contribution in [2.45, 2.75) is 40.0 Å². The zero-order chi connectivity index (χ0) is 8.43. The molecule has 0 amide bonds. The molecule has 64 valence electrons. The lowest BCUT2D eigenvalue weighted by Crippen LogP contribution is -2.29. The fourth-order valence-corrected chi connectivity index (χ4v) is 1.73. The highest BCUT2D eigenvalue weighted by Crippen LogP contribution is 2.34. The van der Waals surface area contributed by atoms with Gasteiger partial charge in [0.15, 0.2) is 0 Å². The summed E-state index contributed by atoms with van der Waals surface area (Å²) in [5, 5.41) is 0. The molecule has 0 saturated heterocycles. The van der Waals surface area contributed by atoms with Crippen molar-refractivity contribution >= 4 is 5.78 Å². The smallest absolute Gasteiger partial charge is 0.136 e. The third-order valence-electron chi connectivity index (χ3n) is 2.44. The Kier molecular flexibility index (Phi) is 2.69. The minimum absolute atomic E-state index is 0.424. The van der Waals surface area contributed by atoms with Crippen LogP contribution in [0.25, 0.3) is 0 Å². The summed E-state index contributed by atoms with van der Waals surface area (Å²) in [5.74, 6) is 2.26. The maximum atomic E-state index is 11.4. The second-order valence-electron chi connectivity index (χ2n) is 4.34. The molecule has 11 heavy (non-hydrogen) atoms. The van der Waals surface area contributed by atoms with Crippen LogP contribution < -0.4 is 0 Å². The van der Waals surface area contributed by atoms with E-state index in [4.69, 9.17) is 0 Å². The molecule has 1 saturated carbocycles. The molecule has 0 aromatic rings. The summed E-state index contributed by atoms with van der Waals surface area (Å²) in [5.41, 5.74) is 0. The third-order valence-corrected chi connectivity index (χ3v) is 2.44. The molecule has 0 aromatic heterocycles. The number of rotatable bonds is 3. The Labute approximate surface area is 69.2 Å². The van der Waals surface area contributed by atoms with E-state index in [0.29, 0.717) is 17.6 Å². The monoisotopic (exact) mass is 154 g/mol. The molecule has 1 aliphatic rings. The van der Waals surface area contributed by atoms with Gasteiger partial charge in [-0.2, -0.15) is 0 Å². The number of Topliss-reactive ketones (excluding diaryl/α,β-unsaturated/α-hetero) is 1. The predicted octanol–water partition coefficient (Wildman–Crippen LogP) is 2.65. The largest absolute Gasteiger partial charge is 0.299 e. The molecule has 1 nitrogen and oxygen atoms in total. The van der Waals surface area contributed by atoms with Crippen LogP contribution in [-0.4, -0.2) is 5.78 Å². The Morgan fingerprint density at radius 2 is 2.00 bits per heavy atom. The van der Waals surface area contributed by atoms with Gasteiger partial charge in [0.1, 0.15) is 5.78 Å². The number of hydrogen-bond donors (Lipinski definition) is 0. The quantitative estimate of drug-likeness (QED) is 0.610. The van der Waals surface area contributed by atoms with E-state index in [1.54, 1.807) is 0 Å². The Morgan fingerprint density at radius 3 is 2.36 bits per heavy atom. The highest BCUT2D eigenvalue weighted by Gasteiger charge is 2.30. The molecule has 0 heterocycles. The van der Waals surface area contributed by atoms with Crippen LogP contribution in [0.2, 0.25) is 0 Å². The van der Waals surface area contributed by atoms with Crippen LogP contribution in [0.3, 0.4) is 0 Å². The zero-order valence-electron chi connectivity index (χ0n) is 7.76. The summed E-state index contributed by atoms with van der Waals surface area (Å²) in [6, 6.07) is 0. The third kappa shape index (κ3) is 2.32. The van der Waals surface area contributed by atoms with Crippen LogP contribution in [0, 0.1) is 17.8 Å². The first kappa shape index (κ1) is 8.76. The van der Waals surface area contributed by atoms with Crippen LogP contribution in [0.4, 0.5) is 0 Å². The molecule has 1 heteroatoms. The molecule has 0 bridgehead atoms. The molecule has 1 aliphatic carbocycles. The highest BCUT2D eigenvalue weighted by atomic mass is 16.1. The van der Waals surface area contributed by atoms with Crippen molar-refractivity contribution in [2.75, 3.05) is 0 Å². The summed E-state index contributed by atoms with van der Waals surface area (Å²) in [7, 11) is 0. The first-order valence-electron chi connectivity index (χ1n) is 4.62. The van der Waals surface area contributed by atoms with Crippen LogP contribution in [-0.2, 0) is 4.79 Å². The van der Waals surface area contributed by atoms with E-state index in [1.165, 1.54) is 0 Å². The first-order chi connectivity index (χ1) is 5.09. The Bertz CT molecular complexity index is 143. The van der Waals surface area contributed by atoms with E-state index in [0.717, 1.165) is 25.2 Å². The lowest BCUT2D eigenvalue weighted by molar-refractivity contribution is -0.127. The van der Waals surface area contributed by atoms with E-state index in [-0.39, 0.29) is 0 Å². The van der Waals surface area contributed by atoms with Crippen LogP contribution in [0.1, 0.15) is 40.0 Å². The standard InChI is InChI=1S/C10H18O/c1-7(2)4-10(11)9-5-8(3)6-9/h7-9H,4-6H2,1-3H3. The van der Waals surface area contributed by atoms with E-state index in [1.807, 2.05) is 0 Å². The topological polar surface area (TPSA) is 17.1 Å². The first-order valence-corrected chi connectivity index (χ1v) is 4.62.